The first-order valence-electron chi connectivity index (χ1n) is 6.82. The van der Waals surface area contributed by atoms with E-state index in [1.807, 2.05) is 0 Å². The Balaban J connectivity index is 1.93. The van der Waals surface area contributed by atoms with Gasteiger partial charge in [-0.2, -0.15) is 0 Å². The van der Waals surface area contributed by atoms with E-state index in [1.165, 1.54) is 32.2 Å². The van der Waals surface area contributed by atoms with Crippen molar-refractivity contribution in [1.29, 1.82) is 0 Å². The highest BCUT2D eigenvalue weighted by Gasteiger charge is 2.55. The average Bonchev–Trinajstić information content (AvgIpc) is 2.40. The highest BCUT2D eigenvalue weighted by Crippen LogP contribution is 2.61. The average molecular weight is 207 g/mol. The van der Waals surface area contributed by atoms with Crippen molar-refractivity contribution >= 4 is 0 Å². The second-order valence-electron chi connectivity index (χ2n) is 6.71. The highest BCUT2D eigenvalue weighted by atomic mass is 15.1. The van der Waals surface area contributed by atoms with E-state index in [2.05, 4.69) is 25.8 Å². The molecular weight excluding hydrogens is 182 g/mol. The molecule has 2 aliphatic carbocycles. The van der Waals surface area contributed by atoms with Crippen LogP contribution in [0.2, 0.25) is 0 Å². The number of fused-ring (bicyclic) bond motifs is 5. The van der Waals surface area contributed by atoms with Gasteiger partial charge in [-0.3, -0.25) is 0 Å². The van der Waals surface area contributed by atoms with Gasteiger partial charge < -0.3 is 4.90 Å². The maximum absolute atomic E-state index is 2.60. The van der Waals surface area contributed by atoms with Crippen LogP contribution in [-0.2, 0) is 0 Å². The molecule has 3 unspecified atom stereocenters. The van der Waals surface area contributed by atoms with Crippen molar-refractivity contribution in [1.82, 2.24) is 4.90 Å². The fourth-order valence-electron chi connectivity index (χ4n) is 5.24. The second kappa shape index (κ2) is 3.23. The Kier molecular flexibility index (Phi) is 2.18. The van der Waals surface area contributed by atoms with Crippen molar-refractivity contribution in [2.45, 2.75) is 52.0 Å². The van der Waals surface area contributed by atoms with Crippen LogP contribution in [0.25, 0.3) is 0 Å². The summed E-state index contributed by atoms with van der Waals surface area (Å²) in [6, 6.07) is 0.830. The maximum atomic E-state index is 2.60. The molecule has 0 aromatic rings. The van der Waals surface area contributed by atoms with Gasteiger partial charge in [-0.15, -0.1) is 0 Å². The van der Waals surface area contributed by atoms with Crippen LogP contribution in [0.5, 0.6) is 0 Å². The largest absolute Gasteiger partial charge is 0.303 e. The number of nitrogens with zero attached hydrogens (tertiary/aromatic N) is 1. The zero-order valence-electron chi connectivity index (χ0n) is 10.5. The van der Waals surface area contributed by atoms with E-state index in [0.717, 1.165) is 23.8 Å². The lowest BCUT2D eigenvalue weighted by Crippen LogP contribution is -2.48. The van der Waals surface area contributed by atoms with Crippen molar-refractivity contribution in [3.05, 3.63) is 0 Å². The monoisotopic (exact) mass is 207 g/mol. The third-order valence-corrected chi connectivity index (χ3v) is 5.95. The lowest BCUT2D eigenvalue weighted by molar-refractivity contribution is 0.0335. The number of hydrogen-bond acceptors (Lipinski definition) is 1. The SMILES string of the molecule is CC1C2C(CCN1C)[C@H]1CCC[C@@]2(C)C1. The second-order valence-corrected chi connectivity index (χ2v) is 6.71. The van der Waals surface area contributed by atoms with Crippen LogP contribution >= 0.6 is 0 Å². The van der Waals surface area contributed by atoms with Gasteiger partial charge in [0.05, 0.1) is 0 Å². The molecule has 0 spiro atoms. The minimum Gasteiger partial charge on any atom is -0.303 e. The quantitative estimate of drug-likeness (QED) is 0.590. The zero-order valence-corrected chi connectivity index (χ0v) is 10.5. The molecule has 0 radical (unpaired) electrons. The topological polar surface area (TPSA) is 3.24 Å². The van der Waals surface area contributed by atoms with Crippen molar-refractivity contribution in [3.8, 4) is 0 Å². The van der Waals surface area contributed by atoms with E-state index in [-0.39, 0.29) is 0 Å². The summed E-state index contributed by atoms with van der Waals surface area (Å²) >= 11 is 0. The summed E-state index contributed by atoms with van der Waals surface area (Å²) in [5.74, 6) is 3.16. The minimum absolute atomic E-state index is 0.696. The van der Waals surface area contributed by atoms with E-state index >= 15 is 0 Å². The van der Waals surface area contributed by atoms with Crippen LogP contribution in [0.3, 0.4) is 0 Å². The predicted molar refractivity (Wildman–Crippen MR) is 63.8 cm³/mol. The van der Waals surface area contributed by atoms with E-state index in [9.17, 15) is 0 Å². The van der Waals surface area contributed by atoms with Crippen LogP contribution < -0.4 is 0 Å². The summed E-state index contributed by atoms with van der Waals surface area (Å²) in [6.45, 7) is 6.40. The summed E-state index contributed by atoms with van der Waals surface area (Å²) in [4.78, 5) is 2.60. The molecule has 3 aliphatic rings. The molecule has 1 saturated heterocycles. The van der Waals surface area contributed by atoms with Gasteiger partial charge >= 0.3 is 0 Å². The third-order valence-electron chi connectivity index (χ3n) is 5.95. The molecule has 0 amide bonds. The molecule has 15 heavy (non-hydrogen) atoms. The predicted octanol–water partition coefficient (Wildman–Crippen LogP) is 3.15. The van der Waals surface area contributed by atoms with Gasteiger partial charge in [0.25, 0.3) is 0 Å². The van der Waals surface area contributed by atoms with Gasteiger partial charge in [-0.05, 0) is 62.9 Å². The molecule has 1 nitrogen and oxygen atoms in total. The molecule has 86 valence electrons. The lowest BCUT2D eigenvalue weighted by atomic mass is 9.68. The molecule has 2 saturated carbocycles. The van der Waals surface area contributed by atoms with Crippen molar-refractivity contribution in [2.75, 3.05) is 13.6 Å². The molecule has 0 aromatic carbocycles. The summed E-state index contributed by atoms with van der Waals surface area (Å²) < 4.78 is 0. The molecule has 1 heterocycles. The van der Waals surface area contributed by atoms with E-state index in [1.54, 1.807) is 6.42 Å². The van der Waals surface area contributed by atoms with Crippen molar-refractivity contribution in [2.24, 2.45) is 23.2 Å². The van der Waals surface area contributed by atoms with Crippen molar-refractivity contribution < 1.29 is 0 Å². The van der Waals surface area contributed by atoms with Gasteiger partial charge in [0.2, 0.25) is 0 Å². The van der Waals surface area contributed by atoms with Crippen molar-refractivity contribution in [3.63, 3.8) is 0 Å². The Bertz CT molecular complexity index is 262. The fourth-order valence-corrected chi connectivity index (χ4v) is 5.24. The zero-order chi connectivity index (χ0) is 10.6. The van der Waals surface area contributed by atoms with Gasteiger partial charge in [-0.25, -0.2) is 0 Å². The molecule has 3 fully saturated rings. The fraction of sp³-hybridized carbons (Fsp3) is 1.00. The van der Waals surface area contributed by atoms with Crippen LogP contribution in [0.4, 0.5) is 0 Å². The van der Waals surface area contributed by atoms with E-state index < -0.39 is 0 Å². The minimum atomic E-state index is 0.696. The Morgan fingerprint density at radius 1 is 1.27 bits per heavy atom. The van der Waals surface area contributed by atoms with Gasteiger partial charge in [0, 0.05) is 6.04 Å². The smallest absolute Gasteiger partial charge is 0.0100 e. The molecule has 3 rings (SSSR count). The number of rotatable bonds is 0. The summed E-state index contributed by atoms with van der Waals surface area (Å²) in [7, 11) is 2.33. The maximum Gasteiger partial charge on any atom is 0.0100 e. The Morgan fingerprint density at radius 3 is 2.87 bits per heavy atom. The van der Waals surface area contributed by atoms with Crippen LogP contribution in [-0.4, -0.2) is 24.5 Å². The van der Waals surface area contributed by atoms with Gasteiger partial charge in [0.1, 0.15) is 0 Å². The van der Waals surface area contributed by atoms with Crippen LogP contribution in [0.1, 0.15) is 46.0 Å². The normalized spacial score (nSPS) is 55.4. The summed E-state index contributed by atoms with van der Waals surface area (Å²) in [5.41, 5.74) is 0.696. The summed E-state index contributed by atoms with van der Waals surface area (Å²) in [6.07, 6.45) is 7.56. The molecule has 2 bridgehead atoms. The molecular formula is C14H25N. The first-order chi connectivity index (χ1) is 7.12. The first kappa shape index (κ1) is 10.1. The molecule has 1 heteroatoms. The Hall–Kier alpha value is -0.0400. The molecule has 1 aliphatic heterocycles. The number of likely N-dealkylation sites (tertiary alicyclic amines) is 1. The number of piperidine rings is 1. The number of hydrogen-bond donors (Lipinski definition) is 0. The molecule has 0 N–H and O–H groups in total. The van der Waals surface area contributed by atoms with Crippen LogP contribution in [0, 0.1) is 23.2 Å². The van der Waals surface area contributed by atoms with Gasteiger partial charge in [0.15, 0.2) is 0 Å². The van der Waals surface area contributed by atoms with Gasteiger partial charge in [-0.1, -0.05) is 19.8 Å². The third kappa shape index (κ3) is 1.32. The Labute approximate surface area is 94.2 Å². The van der Waals surface area contributed by atoms with Crippen LogP contribution in [0.15, 0.2) is 0 Å². The Morgan fingerprint density at radius 2 is 2.07 bits per heavy atom. The van der Waals surface area contributed by atoms with E-state index in [4.69, 9.17) is 0 Å². The summed E-state index contributed by atoms with van der Waals surface area (Å²) in [5, 5.41) is 0. The standard InChI is InChI=1S/C14H25N/c1-10-13-12(6-8-15(10)3)11-5-4-7-14(13,2)9-11/h10-13H,4-9H2,1-3H3/t10?,11-,12?,13?,14-/m0/s1. The molecule has 5 atom stereocenters. The molecule has 0 aromatic heterocycles. The lowest BCUT2D eigenvalue weighted by Gasteiger charge is -2.45. The highest BCUT2D eigenvalue weighted by molar-refractivity contribution is 5.06. The van der Waals surface area contributed by atoms with E-state index in [0.29, 0.717) is 5.41 Å². The first-order valence-corrected chi connectivity index (χ1v) is 6.82.